The summed E-state index contributed by atoms with van der Waals surface area (Å²) in [4.78, 5) is 39.6. The largest absolute Gasteiger partial charge is 0.462 e. The molecular weight excluding hydrogens is 663 g/mol. The van der Waals surface area contributed by atoms with Crippen LogP contribution < -0.4 is 0 Å². The third-order valence-electron chi connectivity index (χ3n) is 9.78. The molecule has 0 aromatic heterocycles. The summed E-state index contributed by atoms with van der Waals surface area (Å²) in [5.74, 6) is 0.154. The molecule has 0 bridgehead atoms. The minimum atomic E-state index is -0.125. The van der Waals surface area contributed by atoms with Gasteiger partial charge in [0.15, 0.2) is 0 Å². The number of carbonyl (C=O) groups is 3. The van der Waals surface area contributed by atoms with Gasteiger partial charge < -0.3 is 19.1 Å². The highest BCUT2D eigenvalue weighted by Crippen LogP contribution is 2.31. The molecule has 0 aromatic carbocycles. The highest BCUT2D eigenvalue weighted by atomic mass is 16.5. The van der Waals surface area contributed by atoms with Crippen LogP contribution in [0.5, 0.6) is 0 Å². The maximum Gasteiger partial charge on any atom is 0.306 e. The molecule has 0 aromatic rings. The number of allylic oxidation sites excluding steroid dienone is 2. The van der Waals surface area contributed by atoms with Gasteiger partial charge in [0, 0.05) is 19.4 Å². The minimum absolute atomic E-state index is 0.0932. The smallest absolute Gasteiger partial charge is 0.306 e. The first kappa shape index (κ1) is 50.9. The Bertz CT molecular complexity index is 890. The van der Waals surface area contributed by atoms with Gasteiger partial charge in [0.05, 0.1) is 6.42 Å². The average Bonchev–Trinajstić information content (AvgIpc) is 3.08. The first-order valence-corrected chi connectivity index (χ1v) is 21.9. The molecule has 1 atom stereocenters. The third-order valence-corrected chi connectivity index (χ3v) is 9.78. The average molecular weight is 748 g/mol. The number of hydrogen-bond donors (Lipinski definition) is 0. The number of carbonyl (C=O) groups excluding carboxylic acids is 3. The van der Waals surface area contributed by atoms with Gasteiger partial charge in [-0.1, -0.05) is 136 Å². The Balaban J connectivity index is 4.51. The number of rotatable bonds is 37. The zero-order valence-corrected chi connectivity index (χ0v) is 35.9. The molecule has 0 radical (unpaired) electrons. The molecule has 0 fully saturated rings. The number of unbranched alkanes of at least 4 members (excludes halogenated alkanes) is 16. The predicted octanol–water partition coefficient (Wildman–Crippen LogP) is 12.5. The molecule has 310 valence electrons. The molecule has 53 heavy (non-hydrogen) atoms. The second-order valence-electron chi connectivity index (χ2n) is 16.6. The molecule has 0 heterocycles. The van der Waals surface area contributed by atoms with E-state index in [4.69, 9.17) is 14.2 Å². The molecule has 0 aliphatic carbocycles. The lowest BCUT2D eigenvalue weighted by molar-refractivity contribution is -0.152. The number of esters is 3. The van der Waals surface area contributed by atoms with E-state index in [0.29, 0.717) is 38.4 Å². The van der Waals surface area contributed by atoms with Crippen molar-refractivity contribution in [2.75, 3.05) is 33.9 Å². The van der Waals surface area contributed by atoms with Gasteiger partial charge in [-0.2, -0.15) is 0 Å². The lowest BCUT2D eigenvalue weighted by Crippen LogP contribution is -2.28. The van der Waals surface area contributed by atoms with E-state index in [1.807, 2.05) is 12.2 Å². The van der Waals surface area contributed by atoms with Crippen molar-refractivity contribution in [2.24, 2.45) is 11.3 Å². The standard InChI is InChI=1S/C46H85NO6/c1-8-10-12-14-16-18-24-30-36-51-43(48)34-28-22-20-26-32-42(53-45(50)39-46(4,5)38-41(3)40-47(6)7)33-27-21-23-29-35-44(49)52-37-31-25-19-17-15-13-11-9-2/h24-25,30-31,41-42H,8-23,26-29,32-40H2,1-7H3/b30-24-,31-25-. The van der Waals surface area contributed by atoms with Crippen LogP contribution in [0.15, 0.2) is 24.3 Å². The van der Waals surface area contributed by atoms with Crippen LogP contribution in [0.25, 0.3) is 0 Å². The Morgan fingerprint density at radius 1 is 0.585 bits per heavy atom. The molecule has 0 aliphatic heterocycles. The SMILES string of the molecule is CCCCCCC/C=C\COC(=O)CCCCCCC(CCCCCCC(=O)OC/C=C\CCCCCCC)OC(=O)CC(C)(C)CC(C)CN(C)C. The number of hydrogen-bond acceptors (Lipinski definition) is 7. The van der Waals surface area contributed by atoms with E-state index in [1.54, 1.807) is 0 Å². The van der Waals surface area contributed by atoms with Gasteiger partial charge in [-0.15, -0.1) is 0 Å². The van der Waals surface area contributed by atoms with E-state index >= 15 is 0 Å². The highest BCUT2D eigenvalue weighted by molar-refractivity contribution is 5.70. The van der Waals surface area contributed by atoms with Crippen LogP contribution in [0.2, 0.25) is 0 Å². The summed E-state index contributed by atoms with van der Waals surface area (Å²) in [5.41, 5.74) is -0.117. The number of ether oxygens (including phenoxy) is 3. The molecule has 0 N–H and O–H groups in total. The first-order chi connectivity index (χ1) is 25.5. The lowest BCUT2D eigenvalue weighted by atomic mass is 9.80. The van der Waals surface area contributed by atoms with E-state index in [2.05, 4.69) is 65.8 Å². The summed E-state index contributed by atoms with van der Waals surface area (Å²) >= 11 is 0. The highest BCUT2D eigenvalue weighted by Gasteiger charge is 2.27. The molecule has 0 aliphatic rings. The van der Waals surface area contributed by atoms with Gasteiger partial charge in [-0.3, -0.25) is 14.4 Å². The van der Waals surface area contributed by atoms with Gasteiger partial charge in [-0.05, 0) is 96.1 Å². The maximum atomic E-state index is 13.1. The zero-order chi connectivity index (χ0) is 39.4. The molecule has 0 rings (SSSR count). The first-order valence-electron chi connectivity index (χ1n) is 21.9. The summed E-state index contributed by atoms with van der Waals surface area (Å²) in [5, 5.41) is 0. The summed E-state index contributed by atoms with van der Waals surface area (Å²) in [7, 11) is 4.18. The van der Waals surface area contributed by atoms with Crippen molar-refractivity contribution < 1.29 is 28.6 Å². The monoisotopic (exact) mass is 748 g/mol. The Morgan fingerprint density at radius 2 is 1.02 bits per heavy atom. The van der Waals surface area contributed by atoms with Gasteiger partial charge in [0.2, 0.25) is 0 Å². The molecule has 0 saturated carbocycles. The van der Waals surface area contributed by atoms with Crippen molar-refractivity contribution in [3.63, 3.8) is 0 Å². The molecule has 1 unspecified atom stereocenters. The fraction of sp³-hybridized carbons (Fsp3) is 0.848. The fourth-order valence-corrected chi connectivity index (χ4v) is 7.10. The molecule has 0 spiro atoms. The van der Waals surface area contributed by atoms with Crippen LogP contribution >= 0.6 is 0 Å². The summed E-state index contributed by atoms with van der Waals surface area (Å²) < 4.78 is 16.9. The van der Waals surface area contributed by atoms with Crippen LogP contribution in [-0.2, 0) is 28.6 Å². The van der Waals surface area contributed by atoms with Crippen LogP contribution in [0.3, 0.4) is 0 Å². The Kier molecular flexibility index (Phi) is 34.1. The van der Waals surface area contributed by atoms with Crippen LogP contribution in [0, 0.1) is 11.3 Å². The summed E-state index contributed by atoms with van der Waals surface area (Å²) in [6.45, 7) is 12.8. The van der Waals surface area contributed by atoms with Gasteiger partial charge >= 0.3 is 17.9 Å². The van der Waals surface area contributed by atoms with Gasteiger partial charge in [0.1, 0.15) is 19.3 Å². The van der Waals surface area contributed by atoms with E-state index in [-0.39, 0.29) is 29.4 Å². The minimum Gasteiger partial charge on any atom is -0.462 e. The van der Waals surface area contributed by atoms with Crippen LogP contribution in [-0.4, -0.2) is 62.8 Å². The normalized spacial score (nSPS) is 12.7. The Morgan fingerprint density at radius 3 is 1.47 bits per heavy atom. The summed E-state index contributed by atoms with van der Waals surface area (Å²) in [6, 6.07) is 0. The maximum absolute atomic E-state index is 13.1. The van der Waals surface area contributed by atoms with Crippen molar-refractivity contribution in [1.82, 2.24) is 4.90 Å². The molecule has 0 amide bonds. The lowest BCUT2D eigenvalue weighted by Gasteiger charge is -2.29. The second kappa shape index (κ2) is 35.5. The molecule has 0 saturated heterocycles. The molecule has 7 nitrogen and oxygen atoms in total. The van der Waals surface area contributed by atoms with E-state index in [1.165, 1.54) is 64.2 Å². The van der Waals surface area contributed by atoms with E-state index in [9.17, 15) is 14.4 Å². The quantitative estimate of drug-likeness (QED) is 0.0271. The van der Waals surface area contributed by atoms with Crippen molar-refractivity contribution in [2.45, 2.75) is 208 Å². The van der Waals surface area contributed by atoms with Crippen LogP contribution in [0.1, 0.15) is 202 Å². The van der Waals surface area contributed by atoms with Crippen molar-refractivity contribution in [3.05, 3.63) is 24.3 Å². The third kappa shape index (κ3) is 36.6. The van der Waals surface area contributed by atoms with Crippen molar-refractivity contribution in [3.8, 4) is 0 Å². The topological polar surface area (TPSA) is 82.1 Å². The van der Waals surface area contributed by atoms with Gasteiger partial charge in [0.25, 0.3) is 0 Å². The van der Waals surface area contributed by atoms with E-state index < -0.39 is 0 Å². The van der Waals surface area contributed by atoms with Gasteiger partial charge in [-0.25, -0.2) is 0 Å². The Labute approximate surface area is 327 Å². The van der Waals surface area contributed by atoms with Crippen molar-refractivity contribution in [1.29, 1.82) is 0 Å². The Hall–Kier alpha value is -2.15. The number of nitrogens with zero attached hydrogens (tertiary/aromatic N) is 1. The summed E-state index contributed by atoms with van der Waals surface area (Å²) in [6.07, 6.45) is 34.4. The van der Waals surface area contributed by atoms with Crippen molar-refractivity contribution >= 4 is 17.9 Å². The zero-order valence-electron chi connectivity index (χ0n) is 35.9. The molecule has 7 heteroatoms. The molecular formula is C46H85NO6. The second-order valence-corrected chi connectivity index (χ2v) is 16.6. The predicted molar refractivity (Wildman–Crippen MR) is 223 cm³/mol. The van der Waals surface area contributed by atoms with E-state index in [0.717, 1.165) is 90.0 Å². The fourth-order valence-electron chi connectivity index (χ4n) is 7.10. The van der Waals surface area contributed by atoms with Crippen LogP contribution in [0.4, 0.5) is 0 Å².